The van der Waals surface area contributed by atoms with Gasteiger partial charge in [-0.25, -0.2) is 0 Å². The molecule has 0 saturated carbocycles. The molecule has 5 heteroatoms. The third-order valence-corrected chi connectivity index (χ3v) is 5.21. The molecule has 2 heterocycles. The number of carbonyl (C=O) groups is 1. The Morgan fingerprint density at radius 1 is 1.07 bits per heavy atom. The van der Waals surface area contributed by atoms with Crippen molar-refractivity contribution >= 4 is 5.91 Å². The van der Waals surface area contributed by atoms with Crippen LogP contribution in [0, 0.1) is 19.8 Å². The lowest BCUT2D eigenvalue weighted by Crippen LogP contribution is -2.48. The Labute approximate surface area is 165 Å². The van der Waals surface area contributed by atoms with Crippen LogP contribution in [-0.4, -0.2) is 35.3 Å². The molecule has 1 aliphatic rings. The summed E-state index contributed by atoms with van der Waals surface area (Å²) in [4.78, 5) is 12.9. The van der Waals surface area contributed by atoms with E-state index >= 15 is 0 Å². The Morgan fingerprint density at radius 3 is 2.32 bits per heavy atom. The van der Waals surface area contributed by atoms with Crippen LogP contribution in [0.5, 0.6) is 0 Å². The summed E-state index contributed by atoms with van der Waals surface area (Å²) in [5.74, 6) is 0.465. The molecule has 0 atom stereocenters. The fraction of sp³-hybridized carbons (Fsp3) is 0.304. The highest BCUT2D eigenvalue weighted by atomic mass is 16.1. The van der Waals surface area contributed by atoms with Crippen molar-refractivity contribution in [3.8, 4) is 11.3 Å². The van der Waals surface area contributed by atoms with E-state index in [1.165, 1.54) is 11.1 Å². The first kappa shape index (κ1) is 18.4. The fourth-order valence-corrected chi connectivity index (χ4v) is 3.30. The van der Waals surface area contributed by atoms with Crippen molar-refractivity contribution in [1.29, 1.82) is 0 Å². The Balaban J connectivity index is 1.61. The molecule has 0 radical (unpaired) electrons. The topological polar surface area (TPSA) is 59.0 Å². The number of hydrogen-bond acceptors (Lipinski definition) is 3. The van der Waals surface area contributed by atoms with Crippen LogP contribution in [-0.2, 0) is 6.54 Å². The Hall–Kier alpha value is -2.92. The second-order valence-electron chi connectivity index (χ2n) is 7.67. The summed E-state index contributed by atoms with van der Waals surface area (Å²) in [5.41, 5.74) is 5.90. The first-order chi connectivity index (χ1) is 13.6. The Kier molecular flexibility index (Phi) is 5.26. The maximum Gasteiger partial charge on any atom is 0.255 e. The molecular formula is C23H26N4O. The molecule has 4 rings (SSSR count). The molecule has 144 valence electrons. The summed E-state index contributed by atoms with van der Waals surface area (Å²) in [6, 6.07) is 16.6. The number of nitrogens with one attached hydrogen (secondary N) is 2. The lowest BCUT2D eigenvalue weighted by Gasteiger charge is -2.27. The zero-order valence-electron chi connectivity index (χ0n) is 16.4. The third kappa shape index (κ3) is 4.15. The molecule has 5 nitrogen and oxygen atoms in total. The van der Waals surface area contributed by atoms with Crippen LogP contribution in [0.15, 0.2) is 54.7 Å². The molecular weight excluding hydrogens is 348 g/mol. The van der Waals surface area contributed by atoms with E-state index in [4.69, 9.17) is 5.10 Å². The van der Waals surface area contributed by atoms with Crippen LogP contribution in [0.3, 0.4) is 0 Å². The van der Waals surface area contributed by atoms with Gasteiger partial charge in [0.1, 0.15) is 5.69 Å². The van der Waals surface area contributed by atoms with Gasteiger partial charge < -0.3 is 10.6 Å². The van der Waals surface area contributed by atoms with Gasteiger partial charge in [-0.15, -0.1) is 0 Å². The highest BCUT2D eigenvalue weighted by Crippen LogP contribution is 2.23. The van der Waals surface area contributed by atoms with Gasteiger partial charge in [0.25, 0.3) is 5.91 Å². The van der Waals surface area contributed by atoms with Gasteiger partial charge in [-0.3, -0.25) is 9.48 Å². The number of hydrogen-bond donors (Lipinski definition) is 2. The van der Waals surface area contributed by atoms with Crippen molar-refractivity contribution in [2.45, 2.75) is 20.4 Å². The van der Waals surface area contributed by atoms with Crippen molar-refractivity contribution in [3.05, 3.63) is 77.0 Å². The zero-order chi connectivity index (χ0) is 19.5. The number of amides is 1. The minimum atomic E-state index is -0.0577. The fourth-order valence-electron chi connectivity index (χ4n) is 3.30. The first-order valence-electron chi connectivity index (χ1n) is 9.77. The van der Waals surface area contributed by atoms with Crippen LogP contribution in [0.25, 0.3) is 11.3 Å². The second kappa shape index (κ2) is 7.98. The molecule has 1 amide bonds. The maximum atomic E-state index is 12.9. The number of aromatic nitrogens is 2. The molecule has 3 aromatic rings. The average molecular weight is 374 g/mol. The van der Waals surface area contributed by atoms with Gasteiger partial charge in [-0.1, -0.05) is 59.7 Å². The van der Waals surface area contributed by atoms with Gasteiger partial charge in [0.05, 0.1) is 12.1 Å². The molecule has 0 bridgehead atoms. The van der Waals surface area contributed by atoms with Crippen LogP contribution in [0.2, 0.25) is 0 Å². The van der Waals surface area contributed by atoms with E-state index in [0.29, 0.717) is 24.6 Å². The molecule has 0 spiro atoms. The molecule has 2 N–H and O–H groups in total. The lowest BCUT2D eigenvalue weighted by atomic mass is 10.0. The summed E-state index contributed by atoms with van der Waals surface area (Å²) in [5, 5.41) is 11.1. The van der Waals surface area contributed by atoms with Crippen molar-refractivity contribution in [3.63, 3.8) is 0 Å². The van der Waals surface area contributed by atoms with E-state index in [1.54, 1.807) is 0 Å². The van der Waals surface area contributed by atoms with E-state index in [2.05, 4.69) is 60.9 Å². The minimum absolute atomic E-state index is 0.0577. The number of rotatable bonds is 6. The summed E-state index contributed by atoms with van der Waals surface area (Å²) < 4.78 is 1.86. The van der Waals surface area contributed by atoms with E-state index in [1.807, 2.05) is 23.0 Å². The van der Waals surface area contributed by atoms with Crippen LogP contribution < -0.4 is 10.6 Å². The number of carbonyl (C=O) groups excluding carboxylic acids is 1. The minimum Gasteiger partial charge on any atom is -0.352 e. The lowest BCUT2D eigenvalue weighted by molar-refractivity contribution is 0.0942. The quantitative estimate of drug-likeness (QED) is 0.697. The van der Waals surface area contributed by atoms with Crippen molar-refractivity contribution < 1.29 is 4.79 Å². The second-order valence-corrected chi connectivity index (χ2v) is 7.67. The summed E-state index contributed by atoms with van der Waals surface area (Å²) in [7, 11) is 0. The predicted molar refractivity (Wildman–Crippen MR) is 111 cm³/mol. The summed E-state index contributed by atoms with van der Waals surface area (Å²) >= 11 is 0. The number of nitrogens with zero attached hydrogens (tertiary/aromatic N) is 2. The third-order valence-electron chi connectivity index (χ3n) is 5.21. The highest BCUT2D eigenvalue weighted by Gasteiger charge is 2.21. The average Bonchev–Trinajstić information content (AvgIpc) is 3.07. The van der Waals surface area contributed by atoms with Crippen molar-refractivity contribution in [2.75, 3.05) is 19.6 Å². The summed E-state index contributed by atoms with van der Waals surface area (Å²) in [6.45, 7) is 7.41. The monoisotopic (exact) mass is 374 g/mol. The van der Waals surface area contributed by atoms with E-state index in [9.17, 15) is 4.79 Å². The Morgan fingerprint density at radius 2 is 1.71 bits per heavy atom. The SMILES string of the molecule is Cc1ccc(Cn2cc(C(=O)NCC3CNC3)c(-c3ccc(C)cc3)n2)cc1. The summed E-state index contributed by atoms with van der Waals surface area (Å²) in [6.07, 6.45) is 1.86. The van der Waals surface area contributed by atoms with E-state index in [0.717, 1.165) is 29.9 Å². The van der Waals surface area contributed by atoms with E-state index in [-0.39, 0.29) is 5.91 Å². The van der Waals surface area contributed by atoms with Crippen LogP contribution in [0.4, 0.5) is 0 Å². The Bertz CT molecular complexity index is 953. The van der Waals surface area contributed by atoms with Gasteiger partial charge in [0.2, 0.25) is 0 Å². The van der Waals surface area contributed by atoms with Gasteiger partial charge in [0.15, 0.2) is 0 Å². The smallest absolute Gasteiger partial charge is 0.255 e. The van der Waals surface area contributed by atoms with E-state index < -0.39 is 0 Å². The van der Waals surface area contributed by atoms with Crippen molar-refractivity contribution in [1.82, 2.24) is 20.4 Å². The maximum absolute atomic E-state index is 12.9. The molecule has 28 heavy (non-hydrogen) atoms. The van der Waals surface area contributed by atoms with Gasteiger partial charge in [0, 0.05) is 37.3 Å². The standard InChI is InChI=1S/C23H26N4O/c1-16-3-7-18(8-4-16)14-27-15-21(23(28)25-13-19-11-24-12-19)22(26-27)20-9-5-17(2)6-10-20/h3-10,15,19,24H,11-14H2,1-2H3,(H,25,28). The van der Waals surface area contributed by atoms with Gasteiger partial charge in [-0.2, -0.15) is 5.10 Å². The molecule has 2 aromatic carbocycles. The number of benzene rings is 2. The molecule has 1 fully saturated rings. The largest absolute Gasteiger partial charge is 0.352 e. The molecule has 0 unspecified atom stereocenters. The molecule has 0 aliphatic carbocycles. The highest BCUT2D eigenvalue weighted by molar-refractivity contribution is 5.99. The van der Waals surface area contributed by atoms with Gasteiger partial charge in [-0.05, 0) is 19.4 Å². The first-order valence-corrected chi connectivity index (χ1v) is 9.77. The van der Waals surface area contributed by atoms with Crippen LogP contribution in [0.1, 0.15) is 27.0 Å². The molecule has 1 aromatic heterocycles. The van der Waals surface area contributed by atoms with Gasteiger partial charge >= 0.3 is 0 Å². The van der Waals surface area contributed by atoms with Crippen molar-refractivity contribution in [2.24, 2.45) is 5.92 Å². The normalized spacial score (nSPS) is 13.9. The zero-order valence-corrected chi connectivity index (χ0v) is 16.4. The number of aryl methyl sites for hydroxylation is 2. The van der Waals surface area contributed by atoms with Crippen LogP contribution >= 0.6 is 0 Å². The molecule has 1 aliphatic heterocycles. The predicted octanol–water partition coefficient (Wildman–Crippen LogP) is 3.16. The molecule has 1 saturated heterocycles.